The maximum atomic E-state index is 13.6. The highest BCUT2D eigenvalue weighted by Crippen LogP contribution is 2.22. The molecule has 0 atom stereocenters. The lowest BCUT2D eigenvalue weighted by molar-refractivity contribution is 0.0988. The Morgan fingerprint density at radius 3 is 2.53 bits per heavy atom. The average Bonchev–Trinajstić information content (AvgIpc) is 2.36. The summed E-state index contributed by atoms with van der Waals surface area (Å²) in [4.78, 5) is 12.0. The van der Waals surface area contributed by atoms with E-state index in [9.17, 15) is 13.6 Å². The summed E-state index contributed by atoms with van der Waals surface area (Å²) in [5, 5.41) is -0.338. The van der Waals surface area contributed by atoms with Crippen molar-refractivity contribution in [3.05, 3.63) is 68.7 Å². The molecule has 19 heavy (non-hydrogen) atoms. The van der Waals surface area contributed by atoms with Crippen LogP contribution in [0.5, 0.6) is 0 Å². The summed E-state index contributed by atoms with van der Waals surface area (Å²) >= 11 is 8.74. The van der Waals surface area contributed by atoms with E-state index in [2.05, 4.69) is 15.9 Å². The topological polar surface area (TPSA) is 17.1 Å². The molecule has 0 aliphatic carbocycles. The van der Waals surface area contributed by atoms with Crippen molar-refractivity contribution in [3.63, 3.8) is 0 Å². The zero-order chi connectivity index (χ0) is 14.0. The number of ketones is 1. The maximum Gasteiger partial charge on any atom is 0.170 e. The molecular formula is C14H8BrClF2O. The first-order valence-corrected chi connectivity index (χ1v) is 6.57. The number of halogens is 4. The third kappa shape index (κ3) is 3.19. The Labute approximate surface area is 122 Å². The Balaban J connectivity index is 2.31. The summed E-state index contributed by atoms with van der Waals surface area (Å²) in [6.45, 7) is 0. The predicted molar refractivity (Wildman–Crippen MR) is 73.5 cm³/mol. The molecule has 0 amide bonds. The summed E-state index contributed by atoms with van der Waals surface area (Å²) < 4.78 is 27.6. The highest BCUT2D eigenvalue weighted by molar-refractivity contribution is 9.10. The van der Waals surface area contributed by atoms with Crippen LogP contribution in [0.4, 0.5) is 8.78 Å². The summed E-state index contributed by atoms with van der Waals surface area (Å²) in [5.74, 6) is -2.12. The van der Waals surface area contributed by atoms with E-state index in [1.165, 1.54) is 0 Å². The number of carbonyl (C=O) groups is 1. The van der Waals surface area contributed by atoms with Crippen molar-refractivity contribution < 1.29 is 13.6 Å². The molecule has 0 saturated heterocycles. The quantitative estimate of drug-likeness (QED) is 0.576. The molecule has 98 valence electrons. The smallest absolute Gasteiger partial charge is 0.170 e. The summed E-state index contributed by atoms with van der Waals surface area (Å²) in [6, 6.07) is 8.74. The molecule has 0 unspecified atom stereocenters. The highest BCUT2D eigenvalue weighted by Gasteiger charge is 2.16. The molecule has 0 fully saturated rings. The average molecular weight is 346 g/mol. The van der Waals surface area contributed by atoms with E-state index >= 15 is 0 Å². The molecule has 0 aromatic heterocycles. The van der Waals surface area contributed by atoms with Gasteiger partial charge in [0.2, 0.25) is 0 Å². The van der Waals surface area contributed by atoms with Crippen molar-refractivity contribution in [3.8, 4) is 0 Å². The van der Waals surface area contributed by atoms with E-state index in [0.29, 0.717) is 5.56 Å². The van der Waals surface area contributed by atoms with Crippen molar-refractivity contribution in [2.45, 2.75) is 6.42 Å². The molecule has 5 heteroatoms. The van der Waals surface area contributed by atoms with Crippen LogP contribution in [-0.4, -0.2) is 5.78 Å². The van der Waals surface area contributed by atoms with Crippen molar-refractivity contribution in [1.82, 2.24) is 0 Å². The maximum absolute atomic E-state index is 13.6. The largest absolute Gasteiger partial charge is 0.294 e. The van der Waals surface area contributed by atoms with E-state index < -0.39 is 17.4 Å². The molecule has 0 N–H and O–H groups in total. The zero-order valence-electron chi connectivity index (χ0n) is 9.59. The Morgan fingerprint density at radius 1 is 1.16 bits per heavy atom. The van der Waals surface area contributed by atoms with Crippen molar-refractivity contribution in [1.29, 1.82) is 0 Å². The number of hydrogen-bond acceptors (Lipinski definition) is 1. The van der Waals surface area contributed by atoms with Gasteiger partial charge in [0.05, 0.1) is 10.6 Å². The van der Waals surface area contributed by atoms with Gasteiger partial charge in [-0.15, -0.1) is 0 Å². The molecule has 0 heterocycles. The van der Waals surface area contributed by atoms with E-state index in [1.54, 1.807) is 24.3 Å². The van der Waals surface area contributed by atoms with Crippen LogP contribution < -0.4 is 0 Å². The van der Waals surface area contributed by atoms with Gasteiger partial charge in [0.25, 0.3) is 0 Å². The second-order valence-electron chi connectivity index (χ2n) is 3.94. The van der Waals surface area contributed by atoms with Gasteiger partial charge in [0, 0.05) is 10.9 Å². The first-order valence-electron chi connectivity index (χ1n) is 5.40. The number of benzene rings is 2. The van der Waals surface area contributed by atoms with Crippen molar-refractivity contribution in [2.24, 2.45) is 0 Å². The predicted octanol–water partition coefficient (Wildman–Crippen LogP) is 4.81. The van der Waals surface area contributed by atoms with Gasteiger partial charge >= 0.3 is 0 Å². The van der Waals surface area contributed by atoms with Gasteiger partial charge in [-0.2, -0.15) is 0 Å². The Bertz CT molecular complexity index is 643. The molecule has 2 aromatic rings. The minimum atomic E-state index is -0.816. The van der Waals surface area contributed by atoms with Crippen LogP contribution in [0, 0.1) is 11.6 Å². The molecule has 2 rings (SSSR count). The molecule has 1 nitrogen and oxygen atoms in total. The summed E-state index contributed by atoms with van der Waals surface area (Å²) in [6.07, 6.45) is -0.0145. The van der Waals surface area contributed by atoms with Gasteiger partial charge in [0.15, 0.2) is 5.78 Å². The second-order valence-corrected chi connectivity index (χ2v) is 5.20. The fourth-order valence-corrected chi connectivity index (χ4v) is 2.22. The number of Topliss-reactive ketones (excluding diaryl/α,β-unsaturated/α-hetero) is 1. The minimum Gasteiger partial charge on any atom is -0.294 e. The van der Waals surface area contributed by atoms with Gasteiger partial charge in [-0.25, -0.2) is 8.78 Å². The van der Waals surface area contributed by atoms with Crippen LogP contribution in [0.3, 0.4) is 0 Å². The van der Waals surface area contributed by atoms with E-state index in [4.69, 9.17) is 11.6 Å². The van der Waals surface area contributed by atoms with Gasteiger partial charge in [-0.1, -0.05) is 45.7 Å². The lowest BCUT2D eigenvalue weighted by Gasteiger charge is -2.06. The van der Waals surface area contributed by atoms with Crippen molar-refractivity contribution >= 4 is 33.3 Å². The fraction of sp³-hybridized carbons (Fsp3) is 0.0714. The van der Waals surface area contributed by atoms with Crippen LogP contribution in [-0.2, 0) is 6.42 Å². The Morgan fingerprint density at radius 2 is 1.84 bits per heavy atom. The van der Waals surface area contributed by atoms with Crippen LogP contribution in [0.2, 0.25) is 5.02 Å². The fourth-order valence-electron chi connectivity index (χ4n) is 1.65. The summed E-state index contributed by atoms with van der Waals surface area (Å²) in [7, 11) is 0. The number of carbonyl (C=O) groups excluding carboxylic acids is 1. The molecule has 2 aromatic carbocycles. The van der Waals surface area contributed by atoms with E-state index in [1.807, 2.05) is 0 Å². The molecular weight excluding hydrogens is 338 g/mol. The highest BCUT2D eigenvalue weighted by atomic mass is 79.9. The van der Waals surface area contributed by atoms with Crippen LogP contribution in [0.1, 0.15) is 15.9 Å². The molecule has 0 bridgehead atoms. The SMILES string of the molecule is O=C(Cc1ccccc1Br)c1cc(F)c(Cl)cc1F. The van der Waals surface area contributed by atoms with E-state index in [-0.39, 0.29) is 17.0 Å². The normalized spacial score (nSPS) is 10.5. The molecule has 0 spiro atoms. The van der Waals surface area contributed by atoms with Crippen LogP contribution in [0.25, 0.3) is 0 Å². The molecule has 0 aliphatic rings. The third-order valence-electron chi connectivity index (χ3n) is 2.62. The minimum absolute atomic E-state index is 0.0145. The monoisotopic (exact) mass is 344 g/mol. The standard InChI is InChI=1S/C14H8BrClF2O/c15-10-4-2-1-3-8(10)5-14(19)9-6-13(18)11(16)7-12(9)17/h1-4,6-7H,5H2. The Hall–Kier alpha value is -1.26. The van der Waals surface area contributed by atoms with Gasteiger partial charge in [-0.05, 0) is 23.8 Å². The van der Waals surface area contributed by atoms with Crippen LogP contribution in [0.15, 0.2) is 40.9 Å². The Kier molecular flexibility index (Phi) is 4.32. The third-order valence-corrected chi connectivity index (χ3v) is 3.68. The first-order chi connectivity index (χ1) is 8.99. The van der Waals surface area contributed by atoms with E-state index in [0.717, 1.165) is 16.6 Å². The summed E-state index contributed by atoms with van der Waals surface area (Å²) in [5.41, 5.74) is 0.417. The zero-order valence-corrected chi connectivity index (χ0v) is 11.9. The lowest BCUT2D eigenvalue weighted by Crippen LogP contribution is -2.07. The number of rotatable bonds is 3. The second kappa shape index (κ2) is 5.80. The lowest BCUT2D eigenvalue weighted by atomic mass is 10.0. The first kappa shape index (κ1) is 14.2. The molecule has 0 radical (unpaired) electrons. The molecule has 0 saturated carbocycles. The van der Waals surface area contributed by atoms with Crippen LogP contribution >= 0.6 is 27.5 Å². The molecule has 0 aliphatic heterocycles. The van der Waals surface area contributed by atoms with Crippen molar-refractivity contribution in [2.75, 3.05) is 0 Å². The number of hydrogen-bond donors (Lipinski definition) is 0. The van der Waals surface area contributed by atoms with Gasteiger partial charge < -0.3 is 0 Å². The van der Waals surface area contributed by atoms with Gasteiger partial charge in [0.1, 0.15) is 11.6 Å². The van der Waals surface area contributed by atoms with Gasteiger partial charge in [-0.3, -0.25) is 4.79 Å².